The highest BCUT2D eigenvalue weighted by molar-refractivity contribution is 5.98. The fourth-order valence-electron chi connectivity index (χ4n) is 2.67. The largest absolute Gasteiger partial charge is 0.486 e. The van der Waals surface area contributed by atoms with Gasteiger partial charge in [-0.25, -0.2) is 4.79 Å². The van der Waals surface area contributed by atoms with E-state index in [2.05, 4.69) is 0 Å². The molecule has 0 aromatic heterocycles. The van der Waals surface area contributed by atoms with Crippen molar-refractivity contribution in [2.75, 3.05) is 26.3 Å². The molecule has 0 radical (unpaired) electrons. The van der Waals surface area contributed by atoms with E-state index in [9.17, 15) is 9.59 Å². The number of amides is 1. The number of fused-ring (bicyclic) bond motifs is 1. The molecule has 1 fully saturated rings. The van der Waals surface area contributed by atoms with Gasteiger partial charge in [0.2, 0.25) is 0 Å². The smallest absolute Gasteiger partial charge is 0.334 e. The summed E-state index contributed by atoms with van der Waals surface area (Å²) in [7, 11) is 0. The number of hydrogen-bond acceptors (Lipinski definition) is 5. The van der Waals surface area contributed by atoms with Crippen LogP contribution in [-0.4, -0.2) is 60.4 Å². The topological polar surface area (TPSA) is 85.3 Å². The Morgan fingerprint density at radius 3 is 2.77 bits per heavy atom. The molecular formula is C15H17NO6. The van der Waals surface area contributed by atoms with Crippen LogP contribution in [0.2, 0.25) is 0 Å². The predicted octanol–water partition coefficient (Wildman–Crippen LogP) is 0.772. The molecule has 1 N–H and O–H groups in total. The second-order valence-electron chi connectivity index (χ2n) is 5.31. The van der Waals surface area contributed by atoms with E-state index in [0.29, 0.717) is 36.8 Å². The Balaban J connectivity index is 1.86. The molecule has 0 aliphatic carbocycles. The molecule has 22 heavy (non-hydrogen) atoms. The maximum Gasteiger partial charge on any atom is 0.334 e. The third-order valence-corrected chi connectivity index (χ3v) is 3.62. The Morgan fingerprint density at radius 1 is 1.23 bits per heavy atom. The van der Waals surface area contributed by atoms with Gasteiger partial charge in [0.25, 0.3) is 5.91 Å². The maximum absolute atomic E-state index is 12.7. The zero-order valence-corrected chi connectivity index (χ0v) is 12.2. The van der Waals surface area contributed by atoms with Gasteiger partial charge in [0.1, 0.15) is 13.2 Å². The van der Waals surface area contributed by atoms with E-state index in [-0.39, 0.29) is 18.6 Å². The van der Waals surface area contributed by atoms with Crippen molar-refractivity contribution < 1.29 is 28.9 Å². The first-order chi connectivity index (χ1) is 10.6. The van der Waals surface area contributed by atoms with Crippen molar-refractivity contribution in [3.8, 4) is 11.5 Å². The fraction of sp³-hybridized carbons (Fsp3) is 0.467. The number of carboxylic acid groups (broad SMARTS) is 1. The van der Waals surface area contributed by atoms with Crippen LogP contribution in [0.3, 0.4) is 0 Å². The second-order valence-corrected chi connectivity index (χ2v) is 5.31. The lowest BCUT2D eigenvalue weighted by atomic mass is 10.1. The first-order valence-electron chi connectivity index (χ1n) is 7.12. The van der Waals surface area contributed by atoms with Gasteiger partial charge < -0.3 is 24.2 Å². The molecule has 3 rings (SSSR count). The van der Waals surface area contributed by atoms with Gasteiger partial charge in [-0.2, -0.15) is 0 Å². The van der Waals surface area contributed by atoms with Crippen LogP contribution >= 0.6 is 0 Å². The van der Waals surface area contributed by atoms with E-state index in [4.69, 9.17) is 19.3 Å². The summed E-state index contributed by atoms with van der Waals surface area (Å²) in [4.78, 5) is 25.3. The van der Waals surface area contributed by atoms with Crippen LogP contribution in [0.15, 0.2) is 18.2 Å². The van der Waals surface area contributed by atoms with E-state index in [1.807, 2.05) is 0 Å². The predicted molar refractivity (Wildman–Crippen MR) is 75.3 cm³/mol. The van der Waals surface area contributed by atoms with E-state index >= 15 is 0 Å². The lowest BCUT2D eigenvalue weighted by Crippen LogP contribution is -2.51. The fourth-order valence-corrected chi connectivity index (χ4v) is 2.67. The average molecular weight is 307 g/mol. The van der Waals surface area contributed by atoms with Crippen LogP contribution in [0.1, 0.15) is 17.3 Å². The second kappa shape index (κ2) is 5.84. The quantitative estimate of drug-likeness (QED) is 0.869. The first kappa shape index (κ1) is 14.6. The maximum atomic E-state index is 12.7. The minimum Gasteiger partial charge on any atom is -0.486 e. The van der Waals surface area contributed by atoms with Crippen molar-refractivity contribution in [3.05, 3.63) is 23.8 Å². The molecule has 1 saturated heterocycles. The number of benzene rings is 1. The van der Waals surface area contributed by atoms with Crippen LogP contribution in [0.4, 0.5) is 0 Å². The van der Waals surface area contributed by atoms with Crippen LogP contribution in [-0.2, 0) is 9.53 Å². The van der Waals surface area contributed by atoms with Gasteiger partial charge in [-0.05, 0) is 19.1 Å². The van der Waals surface area contributed by atoms with E-state index < -0.39 is 12.1 Å². The average Bonchev–Trinajstić information content (AvgIpc) is 2.53. The van der Waals surface area contributed by atoms with Crippen molar-refractivity contribution in [1.82, 2.24) is 4.90 Å². The number of para-hydroxylation sites is 1. The molecule has 7 nitrogen and oxygen atoms in total. The number of hydrogen-bond donors (Lipinski definition) is 1. The van der Waals surface area contributed by atoms with Gasteiger partial charge in [0.05, 0.1) is 18.2 Å². The van der Waals surface area contributed by atoms with E-state index in [1.165, 1.54) is 4.90 Å². The number of nitrogens with zero attached hydrogens (tertiary/aromatic N) is 1. The molecule has 0 saturated carbocycles. The van der Waals surface area contributed by atoms with Crippen LogP contribution in [0.25, 0.3) is 0 Å². The Hall–Kier alpha value is -2.28. The van der Waals surface area contributed by atoms with Crippen LogP contribution in [0, 0.1) is 0 Å². The molecule has 2 aliphatic rings. The molecule has 1 aromatic rings. The molecule has 118 valence electrons. The highest BCUT2D eigenvalue weighted by Gasteiger charge is 2.34. The van der Waals surface area contributed by atoms with Crippen LogP contribution in [0.5, 0.6) is 11.5 Å². The van der Waals surface area contributed by atoms with Crippen molar-refractivity contribution in [2.45, 2.75) is 19.1 Å². The van der Waals surface area contributed by atoms with Gasteiger partial charge in [-0.1, -0.05) is 6.07 Å². The standard InChI is InChI=1S/C15H17NO6/c1-9-7-16(8-12(22-9)15(18)19)14(17)10-3-2-4-11-13(10)21-6-5-20-11/h2-4,9,12H,5-8H2,1H3,(H,18,19)/t9-,12?/m1/s1. The molecule has 0 bridgehead atoms. The molecule has 1 amide bonds. The molecule has 0 spiro atoms. The summed E-state index contributed by atoms with van der Waals surface area (Å²) >= 11 is 0. The van der Waals surface area contributed by atoms with Crippen LogP contribution < -0.4 is 9.47 Å². The Labute approximate surface area is 127 Å². The number of ether oxygens (including phenoxy) is 3. The number of carboxylic acids is 1. The number of rotatable bonds is 2. The van der Waals surface area contributed by atoms with Crippen molar-refractivity contribution in [3.63, 3.8) is 0 Å². The molecule has 1 unspecified atom stereocenters. The Kier molecular flexibility index (Phi) is 3.89. The van der Waals surface area contributed by atoms with E-state index in [0.717, 1.165) is 0 Å². The van der Waals surface area contributed by atoms with Crippen molar-refractivity contribution in [1.29, 1.82) is 0 Å². The molecule has 1 aromatic carbocycles. The van der Waals surface area contributed by atoms with Gasteiger partial charge >= 0.3 is 5.97 Å². The zero-order valence-electron chi connectivity index (χ0n) is 12.2. The normalized spacial score (nSPS) is 24.0. The minimum atomic E-state index is -1.07. The van der Waals surface area contributed by atoms with Gasteiger partial charge in [0, 0.05) is 6.54 Å². The summed E-state index contributed by atoms with van der Waals surface area (Å²) < 4.78 is 16.3. The Morgan fingerprint density at radius 2 is 2.00 bits per heavy atom. The third-order valence-electron chi connectivity index (χ3n) is 3.62. The van der Waals surface area contributed by atoms with E-state index in [1.54, 1.807) is 25.1 Å². The molecule has 2 atom stereocenters. The highest BCUT2D eigenvalue weighted by Crippen LogP contribution is 2.34. The SMILES string of the molecule is C[C@@H]1CN(C(=O)c2cccc3c2OCCO3)CC(C(=O)O)O1. The monoisotopic (exact) mass is 307 g/mol. The molecular weight excluding hydrogens is 290 g/mol. The number of carbonyl (C=O) groups is 2. The Bertz CT molecular complexity index is 602. The number of carbonyl (C=O) groups excluding carboxylic acids is 1. The lowest BCUT2D eigenvalue weighted by Gasteiger charge is -2.35. The number of aliphatic carboxylic acids is 1. The summed E-state index contributed by atoms with van der Waals surface area (Å²) in [6.07, 6.45) is -1.35. The van der Waals surface area contributed by atoms with Crippen molar-refractivity contribution in [2.24, 2.45) is 0 Å². The van der Waals surface area contributed by atoms with Gasteiger partial charge in [-0.15, -0.1) is 0 Å². The lowest BCUT2D eigenvalue weighted by molar-refractivity contribution is -0.160. The summed E-state index contributed by atoms with van der Waals surface area (Å²) in [5.41, 5.74) is 0.385. The summed E-state index contributed by atoms with van der Waals surface area (Å²) in [6.45, 7) is 2.93. The van der Waals surface area contributed by atoms with Crippen molar-refractivity contribution >= 4 is 11.9 Å². The molecule has 2 heterocycles. The zero-order chi connectivity index (χ0) is 15.7. The highest BCUT2D eigenvalue weighted by atomic mass is 16.6. The van der Waals surface area contributed by atoms with Gasteiger partial charge in [0.15, 0.2) is 17.6 Å². The summed E-state index contributed by atoms with van der Waals surface area (Å²) in [6, 6.07) is 5.12. The van der Waals surface area contributed by atoms with Gasteiger partial charge in [-0.3, -0.25) is 4.79 Å². The first-order valence-corrected chi connectivity index (χ1v) is 7.12. The molecule has 2 aliphatic heterocycles. The summed E-state index contributed by atoms with van der Waals surface area (Å²) in [5.74, 6) is -0.388. The molecule has 7 heteroatoms. The minimum absolute atomic E-state index is 0.0169. The third kappa shape index (κ3) is 2.71. The number of morpholine rings is 1. The summed E-state index contributed by atoms with van der Waals surface area (Å²) in [5, 5.41) is 9.11.